The first-order chi connectivity index (χ1) is 31.8. The fraction of sp³-hybridized carbons (Fsp3) is 0.241. The second kappa shape index (κ2) is 21.1. The van der Waals surface area contributed by atoms with Crippen molar-refractivity contribution in [2.45, 2.75) is 76.8 Å². The number of rotatable bonds is 15. The third kappa shape index (κ3) is 11.1. The lowest BCUT2D eigenvalue weighted by molar-refractivity contribution is -0.360. The Morgan fingerprint density at radius 2 is 1.06 bits per heavy atom. The minimum atomic E-state index is -2.68. The van der Waals surface area contributed by atoms with Crippen molar-refractivity contribution in [3.05, 3.63) is 213 Å². The molecule has 0 radical (unpaired) electrons. The van der Waals surface area contributed by atoms with Crippen LogP contribution in [0.15, 0.2) is 158 Å². The molecule has 12 nitrogen and oxygen atoms in total. The molecular weight excluding hydrogens is 841 g/mol. The van der Waals surface area contributed by atoms with Crippen molar-refractivity contribution in [1.29, 1.82) is 0 Å². The first kappa shape index (κ1) is 46.6. The third-order valence-electron chi connectivity index (χ3n) is 11.3. The highest BCUT2D eigenvalue weighted by atomic mass is 16.7. The molecule has 6 aromatic rings. The molecular formula is C54H50O12. The average molecular weight is 891 g/mol. The van der Waals surface area contributed by atoms with E-state index in [2.05, 4.69) is 0 Å². The zero-order valence-electron chi connectivity index (χ0n) is 37.0. The first-order valence-corrected chi connectivity index (χ1v) is 21.6. The molecule has 1 heterocycles. The van der Waals surface area contributed by atoms with Crippen LogP contribution in [0.25, 0.3) is 0 Å². The maximum Gasteiger partial charge on any atom is 0.338 e. The molecule has 0 unspecified atom stereocenters. The lowest BCUT2D eigenvalue weighted by atomic mass is 9.81. The Bertz CT molecular complexity index is 2640. The Kier molecular flexibility index (Phi) is 14.9. The number of benzene rings is 6. The van der Waals surface area contributed by atoms with Gasteiger partial charge in [0.2, 0.25) is 11.9 Å². The Labute approximate surface area is 383 Å². The Balaban J connectivity index is 1.40. The van der Waals surface area contributed by atoms with Gasteiger partial charge in [-0.05, 0) is 98.0 Å². The zero-order chi connectivity index (χ0) is 46.8. The van der Waals surface area contributed by atoms with Crippen molar-refractivity contribution in [3.8, 4) is 0 Å². The summed E-state index contributed by atoms with van der Waals surface area (Å²) in [6.07, 6.45) is -7.54. The molecule has 1 saturated heterocycles. The van der Waals surface area contributed by atoms with Crippen LogP contribution in [0.3, 0.4) is 0 Å². The van der Waals surface area contributed by atoms with Crippen LogP contribution in [0.4, 0.5) is 0 Å². The van der Waals surface area contributed by atoms with Crippen molar-refractivity contribution in [2.24, 2.45) is 0 Å². The zero-order valence-corrected chi connectivity index (χ0v) is 37.0. The number of hydrogen-bond donors (Lipinski definition) is 1. The highest BCUT2D eigenvalue weighted by Crippen LogP contribution is 2.45. The molecule has 7 rings (SSSR count). The quantitative estimate of drug-likeness (QED) is 0.0775. The summed E-state index contributed by atoms with van der Waals surface area (Å²) >= 11 is 0. The topological polar surface area (TPSA) is 161 Å². The van der Waals surface area contributed by atoms with E-state index in [1.807, 2.05) is 44.2 Å². The van der Waals surface area contributed by atoms with Gasteiger partial charge in [0, 0.05) is 18.9 Å². The number of esters is 5. The standard InChI is InChI=1S/C54H50O12/c1-34-31-35(2)44(33-39-27-25-38(26-28-39)29-30-61-37(4)55)45(32-34)54(60)49(65-53(59)43-23-15-8-16-24-43)48(64-52(58)42-21-13-7-14-22-42)47(63-51(57)41-19-11-6-12-20-41)46(66-54)36(3)62-50(56)40-17-9-5-10-18-40/h5-28,31-32,36,46-49,60H,29-30,33H2,1-4H3/t36-,46+,47+,48-,49+,54+/m0/s1. The SMILES string of the molecule is CC(=O)OCCc1ccc(Cc2c(C)cc(C)cc2[C@@]2(O)O[C@H]([C@H](C)OC(=O)c3ccccc3)[C@@H](OC(=O)c3ccccc3)[C@H](OC(=O)c3ccccc3)[C@H]2OC(=O)c2ccccc2)cc1. The summed E-state index contributed by atoms with van der Waals surface area (Å²) < 4.78 is 36.9. The molecule has 0 amide bonds. The van der Waals surface area contributed by atoms with Gasteiger partial charge in [-0.25, -0.2) is 19.2 Å². The molecule has 338 valence electrons. The van der Waals surface area contributed by atoms with Gasteiger partial charge in [0.15, 0.2) is 12.2 Å². The maximum atomic E-state index is 14.3. The summed E-state index contributed by atoms with van der Waals surface area (Å²) in [5, 5.41) is 13.7. The minimum Gasteiger partial charge on any atom is -0.466 e. The summed E-state index contributed by atoms with van der Waals surface area (Å²) in [6, 6.07) is 43.7. The van der Waals surface area contributed by atoms with Crippen LogP contribution in [-0.4, -0.2) is 72.1 Å². The van der Waals surface area contributed by atoms with E-state index in [0.29, 0.717) is 17.5 Å². The van der Waals surface area contributed by atoms with Gasteiger partial charge in [-0.1, -0.05) is 115 Å². The molecule has 1 aliphatic rings. The Morgan fingerprint density at radius 3 is 1.56 bits per heavy atom. The normalized spacial score (nSPS) is 19.4. The van der Waals surface area contributed by atoms with Gasteiger partial charge >= 0.3 is 29.8 Å². The predicted octanol–water partition coefficient (Wildman–Crippen LogP) is 8.47. The van der Waals surface area contributed by atoms with Crippen LogP contribution in [0.5, 0.6) is 0 Å². The van der Waals surface area contributed by atoms with Crippen molar-refractivity contribution >= 4 is 29.8 Å². The molecule has 0 spiro atoms. The number of carbonyl (C=O) groups is 5. The molecule has 1 fully saturated rings. The summed E-state index contributed by atoms with van der Waals surface area (Å²) in [4.78, 5) is 67.9. The van der Waals surface area contributed by atoms with E-state index in [4.69, 9.17) is 28.4 Å². The largest absolute Gasteiger partial charge is 0.466 e. The van der Waals surface area contributed by atoms with Crippen LogP contribution in [0, 0.1) is 13.8 Å². The summed E-state index contributed by atoms with van der Waals surface area (Å²) in [6.45, 7) is 6.78. The van der Waals surface area contributed by atoms with Gasteiger partial charge in [-0.15, -0.1) is 0 Å². The monoisotopic (exact) mass is 890 g/mol. The van der Waals surface area contributed by atoms with E-state index >= 15 is 0 Å². The van der Waals surface area contributed by atoms with Gasteiger partial charge in [0.1, 0.15) is 12.2 Å². The lowest BCUT2D eigenvalue weighted by Gasteiger charge is -2.50. The van der Waals surface area contributed by atoms with Crippen LogP contribution in [0.2, 0.25) is 0 Å². The van der Waals surface area contributed by atoms with Crippen LogP contribution < -0.4 is 0 Å². The Morgan fingerprint density at radius 1 is 0.606 bits per heavy atom. The van der Waals surface area contributed by atoms with Gasteiger partial charge < -0.3 is 33.5 Å². The second-order valence-corrected chi connectivity index (χ2v) is 16.1. The summed E-state index contributed by atoms with van der Waals surface area (Å²) in [7, 11) is 0. The number of aliphatic hydroxyl groups is 1. The van der Waals surface area contributed by atoms with Crippen molar-refractivity contribution < 1.29 is 57.5 Å². The van der Waals surface area contributed by atoms with E-state index in [1.165, 1.54) is 50.2 Å². The van der Waals surface area contributed by atoms with Crippen molar-refractivity contribution in [1.82, 2.24) is 0 Å². The maximum absolute atomic E-state index is 14.3. The van der Waals surface area contributed by atoms with E-state index in [1.54, 1.807) is 91.0 Å². The van der Waals surface area contributed by atoms with E-state index in [-0.39, 0.29) is 46.8 Å². The molecule has 12 heteroatoms. The number of aryl methyl sites for hydroxylation is 2. The van der Waals surface area contributed by atoms with E-state index in [9.17, 15) is 29.1 Å². The molecule has 1 N–H and O–H groups in total. The average Bonchev–Trinajstić information content (AvgIpc) is 3.33. The highest BCUT2D eigenvalue weighted by molar-refractivity contribution is 5.92. The molecule has 0 saturated carbocycles. The summed E-state index contributed by atoms with van der Waals surface area (Å²) in [5.41, 5.74) is 4.50. The third-order valence-corrected chi connectivity index (χ3v) is 11.3. The minimum absolute atomic E-state index is 0.104. The second-order valence-electron chi connectivity index (χ2n) is 16.1. The van der Waals surface area contributed by atoms with Gasteiger partial charge in [-0.3, -0.25) is 4.79 Å². The predicted molar refractivity (Wildman–Crippen MR) is 243 cm³/mol. The molecule has 66 heavy (non-hydrogen) atoms. The highest BCUT2D eigenvalue weighted by Gasteiger charge is 2.62. The van der Waals surface area contributed by atoms with Crippen LogP contribution >= 0.6 is 0 Å². The first-order valence-electron chi connectivity index (χ1n) is 21.6. The van der Waals surface area contributed by atoms with Gasteiger partial charge in [0.25, 0.3) is 0 Å². The molecule has 1 aliphatic heterocycles. The van der Waals surface area contributed by atoms with Crippen LogP contribution in [0.1, 0.15) is 88.7 Å². The number of hydrogen-bond acceptors (Lipinski definition) is 12. The fourth-order valence-corrected chi connectivity index (χ4v) is 7.97. The van der Waals surface area contributed by atoms with E-state index < -0.39 is 60.2 Å². The Hall–Kier alpha value is -7.41. The van der Waals surface area contributed by atoms with Gasteiger partial charge in [-0.2, -0.15) is 0 Å². The molecule has 0 bridgehead atoms. The molecule has 6 atom stereocenters. The number of carbonyl (C=O) groups excluding carboxylic acids is 5. The number of ether oxygens (including phenoxy) is 6. The van der Waals surface area contributed by atoms with Gasteiger partial charge in [0.05, 0.1) is 28.9 Å². The van der Waals surface area contributed by atoms with Crippen molar-refractivity contribution in [2.75, 3.05) is 6.61 Å². The smallest absolute Gasteiger partial charge is 0.338 e. The molecule has 0 aliphatic carbocycles. The van der Waals surface area contributed by atoms with E-state index in [0.717, 1.165) is 16.7 Å². The molecule has 6 aromatic carbocycles. The molecule has 0 aromatic heterocycles. The fourth-order valence-electron chi connectivity index (χ4n) is 7.97. The van der Waals surface area contributed by atoms with Crippen LogP contribution in [-0.2, 0) is 51.8 Å². The lowest BCUT2D eigenvalue weighted by Crippen LogP contribution is -2.68. The summed E-state index contributed by atoms with van der Waals surface area (Å²) in [5.74, 6) is -6.47. The van der Waals surface area contributed by atoms with Crippen molar-refractivity contribution in [3.63, 3.8) is 0 Å².